The number of carbonyl (C=O) groups excluding carboxylic acids is 1. The van der Waals surface area contributed by atoms with Crippen molar-refractivity contribution >= 4 is 11.9 Å². The summed E-state index contributed by atoms with van der Waals surface area (Å²) in [4.78, 5) is 23.2. The van der Waals surface area contributed by atoms with Crippen LogP contribution in [0.2, 0.25) is 0 Å². The molecule has 0 heterocycles. The Bertz CT molecular complexity index is 762. The maximum absolute atomic E-state index is 12.0. The number of benzene rings is 2. The first-order valence-electron chi connectivity index (χ1n) is 9.48. The van der Waals surface area contributed by atoms with Crippen LogP contribution in [-0.4, -0.2) is 17.0 Å². The first-order valence-corrected chi connectivity index (χ1v) is 9.48. The number of carbonyl (C=O) groups is 2. The van der Waals surface area contributed by atoms with Crippen molar-refractivity contribution in [3.05, 3.63) is 65.2 Å². The number of esters is 1. The summed E-state index contributed by atoms with van der Waals surface area (Å²) in [7, 11) is 0. The molecule has 2 aromatic rings. The van der Waals surface area contributed by atoms with Crippen LogP contribution in [0.1, 0.15) is 67.4 Å². The van der Waals surface area contributed by atoms with Gasteiger partial charge in [0.05, 0.1) is 0 Å². The van der Waals surface area contributed by atoms with Gasteiger partial charge in [-0.15, -0.1) is 0 Å². The van der Waals surface area contributed by atoms with Crippen LogP contribution in [0.15, 0.2) is 48.5 Å². The maximum atomic E-state index is 12.0. The third-order valence-corrected chi connectivity index (χ3v) is 4.55. The normalized spacial score (nSPS) is 12.0. The van der Waals surface area contributed by atoms with Crippen molar-refractivity contribution in [1.29, 1.82) is 0 Å². The van der Waals surface area contributed by atoms with Gasteiger partial charge in [-0.1, -0.05) is 57.2 Å². The average molecular weight is 368 g/mol. The maximum Gasteiger partial charge on any atom is 0.339 e. The highest BCUT2D eigenvalue weighted by atomic mass is 16.5. The number of para-hydroxylation sites is 1. The molecule has 2 aromatic carbocycles. The summed E-state index contributed by atoms with van der Waals surface area (Å²) < 4.78 is 5.23. The second kappa shape index (κ2) is 9.91. The third kappa shape index (κ3) is 6.55. The van der Waals surface area contributed by atoms with Gasteiger partial charge in [0, 0.05) is 6.42 Å². The molecule has 0 fully saturated rings. The van der Waals surface area contributed by atoms with E-state index in [0.717, 1.165) is 12.8 Å². The molecular formula is C23H28O4. The molecule has 4 heteroatoms. The molecule has 1 N–H and O–H groups in total. The summed E-state index contributed by atoms with van der Waals surface area (Å²) in [5, 5.41) is 9.13. The van der Waals surface area contributed by atoms with E-state index in [4.69, 9.17) is 9.84 Å². The molecule has 1 atom stereocenters. The molecule has 4 nitrogen and oxygen atoms in total. The molecule has 0 aliphatic heterocycles. The van der Waals surface area contributed by atoms with E-state index in [-0.39, 0.29) is 17.7 Å². The van der Waals surface area contributed by atoms with Crippen molar-refractivity contribution in [2.75, 3.05) is 0 Å². The number of carboxylic acid groups (broad SMARTS) is 1. The minimum atomic E-state index is -1.10. The van der Waals surface area contributed by atoms with Crippen molar-refractivity contribution < 1.29 is 19.4 Å². The van der Waals surface area contributed by atoms with Crippen LogP contribution < -0.4 is 4.74 Å². The first kappa shape index (κ1) is 20.7. The lowest BCUT2D eigenvalue weighted by atomic mass is 9.93. The highest BCUT2D eigenvalue weighted by Crippen LogP contribution is 2.23. The Balaban J connectivity index is 1.81. The fourth-order valence-electron chi connectivity index (χ4n) is 3.08. The standard InChI is InChI=1S/C23H28O4/c1-16(2)15-18-11-13-19(14-12-18)17(3)7-6-10-22(24)27-21-9-5-4-8-20(21)23(25)26/h4-5,8-9,11-14,16-17H,6-7,10,15H2,1-3H3,(H,25,26). The molecule has 0 amide bonds. The zero-order valence-electron chi connectivity index (χ0n) is 16.3. The number of aromatic carboxylic acids is 1. The Morgan fingerprint density at radius 3 is 2.30 bits per heavy atom. The lowest BCUT2D eigenvalue weighted by Gasteiger charge is -2.13. The van der Waals surface area contributed by atoms with Crippen LogP contribution >= 0.6 is 0 Å². The zero-order chi connectivity index (χ0) is 19.8. The third-order valence-electron chi connectivity index (χ3n) is 4.55. The highest BCUT2D eigenvalue weighted by molar-refractivity contribution is 5.91. The number of carboxylic acids is 1. The molecule has 0 bridgehead atoms. The second-order valence-electron chi connectivity index (χ2n) is 7.41. The lowest BCUT2D eigenvalue weighted by Crippen LogP contribution is -2.11. The van der Waals surface area contributed by atoms with Gasteiger partial charge < -0.3 is 9.84 Å². The molecule has 0 aromatic heterocycles. The van der Waals surface area contributed by atoms with Gasteiger partial charge in [-0.3, -0.25) is 4.79 Å². The predicted octanol–water partition coefficient (Wildman–Crippen LogP) is 5.46. The highest BCUT2D eigenvalue weighted by Gasteiger charge is 2.14. The number of hydrogen-bond donors (Lipinski definition) is 1. The molecule has 0 saturated carbocycles. The fourth-order valence-corrected chi connectivity index (χ4v) is 3.08. The predicted molar refractivity (Wildman–Crippen MR) is 106 cm³/mol. The first-order chi connectivity index (χ1) is 12.9. The van der Waals surface area contributed by atoms with E-state index in [0.29, 0.717) is 18.3 Å². The van der Waals surface area contributed by atoms with Crippen molar-refractivity contribution in [2.45, 2.75) is 52.4 Å². The summed E-state index contributed by atoms with van der Waals surface area (Å²) in [6.45, 7) is 6.58. The smallest absolute Gasteiger partial charge is 0.339 e. The zero-order valence-corrected chi connectivity index (χ0v) is 16.3. The van der Waals surface area contributed by atoms with Gasteiger partial charge in [0.2, 0.25) is 0 Å². The summed E-state index contributed by atoms with van der Waals surface area (Å²) in [5.41, 5.74) is 2.62. The quantitative estimate of drug-likeness (QED) is 0.471. The molecule has 0 saturated heterocycles. The van der Waals surface area contributed by atoms with E-state index in [9.17, 15) is 9.59 Å². The van der Waals surface area contributed by atoms with E-state index >= 15 is 0 Å². The Kier molecular flexibility index (Phi) is 7.59. The molecule has 0 spiro atoms. The van der Waals surface area contributed by atoms with Gasteiger partial charge in [-0.05, 0) is 54.4 Å². The molecule has 0 aliphatic rings. The summed E-state index contributed by atoms with van der Waals surface area (Å²) in [5.74, 6) is -0.400. The molecule has 0 radical (unpaired) electrons. The van der Waals surface area contributed by atoms with Crippen molar-refractivity contribution in [2.24, 2.45) is 5.92 Å². The number of rotatable bonds is 9. The Labute approximate surface area is 161 Å². The molecule has 27 heavy (non-hydrogen) atoms. The SMILES string of the molecule is CC(C)Cc1ccc(C(C)CCCC(=O)Oc2ccccc2C(=O)O)cc1. The monoisotopic (exact) mass is 368 g/mol. The molecular weight excluding hydrogens is 340 g/mol. The van der Waals surface area contributed by atoms with Crippen LogP contribution in [-0.2, 0) is 11.2 Å². The topological polar surface area (TPSA) is 63.6 Å². The lowest BCUT2D eigenvalue weighted by molar-refractivity contribution is -0.134. The Hall–Kier alpha value is -2.62. The van der Waals surface area contributed by atoms with Gasteiger partial charge in [-0.2, -0.15) is 0 Å². The second-order valence-corrected chi connectivity index (χ2v) is 7.41. The van der Waals surface area contributed by atoms with E-state index in [2.05, 4.69) is 45.0 Å². The fraction of sp³-hybridized carbons (Fsp3) is 0.391. The van der Waals surface area contributed by atoms with Gasteiger partial charge in [0.25, 0.3) is 0 Å². The van der Waals surface area contributed by atoms with Crippen LogP contribution in [0.5, 0.6) is 5.75 Å². The van der Waals surface area contributed by atoms with E-state index in [1.165, 1.54) is 23.3 Å². The van der Waals surface area contributed by atoms with Gasteiger partial charge in [0.1, 0.15) is 11.3 Å². The van der Waals surface area contributed by atoms with Crippen LogP contribution in [0, 0.1) is 5.92 Å². The van der Waals surface area contributed by atoms with Crippen molar-refractivity contribution in [1.82, 2.24) is 0 Å². The van der Waals surface area contributed by atoms with Gasteiger partial charge in [0.15, 0.2) is 0 Å². The van der Waals surface area contributed by atoms with Crippen molar-refractivity contribution in [3.8, 4) is 5.75 Å². The average Bonchev–Trinajstić information content (AvgIpc) is 2.62. The Morgan fingerprint density at radius 2 is 1.67 bits per heavy atom. The van der Waals surface area contributed by atoms with Crippen LogP contribution in [0.25, 0.3) is 0 Å². The summed E-state index contributed by atoms with van der Waals surface area (Å²) in [6, 6.07) is 14.9. The molecule has 1 unspecified atom stereocenters. The van der Waals surface area contributed by atoms with E-state index in [1.807, 2.05) is 0 Å². The van der Waals surface area contributed by atoms with E-state index in [1.54, 1.807) is 12.1 Å². The summed E-state index contributed by atoms with van der Waals surface area (Å²) in [6.07, 6.45) is 2.92. The van der Waals surface area contributed by atoms with Crippen LogP contribution in [0.3, 0.4) is 0 Å². The molecule has 2 rings (SSSR count). The van der Waals surface area contributed by atoms with Crippen molar-refractivity contribution in [3.63, 3.8) is 0 Å². The largest absolute Gasteiger partial charge is 0.478 e. The Morgan fingerprint density at radius 1 is 1.00 bits per heavy atom. The molecule has 0 aliphatic carbocycles. The number of ether oxygens (including phenoxy) is 1. The van der Waals surface area contributed by atoms with Gasteiger partial charge >= 0.3 is 11.9 Å². The number of hydrogen-bond acceptors (Lipinski definition) is 3. The molecule has 144 valence electrons. The van der Waals surface area contributed by atoms with Crippen LogP contribution in [0.4, 0.5) is 0 Å². The minimum absolute atomic E-state index is 0.000653. The van der Waals surface area contributed by atoms with Gasteiger partial charge in [-0.25, -0.2) is 4.79 Å². The minimum Gasteiger partial charge on any atom is -0.478 e. The van der Waals surface area contributed by atoms with E-state index < -0.39 is 11.9 Å². The summed E-state index contributed by atoms with van der Waals surface area (Å²) >= 11 is 0.